The van der Waals surface area contributed by atoms with Crippen molar-refractivity contribution in [2.45, 2.75) is 12.8 Å². The Kier molecular flexibility index (Phi) is 3.96. The maximum atomic E-state index is 12.6. The van der Waals surface area contributed by atoms with E-state index in [1.165, 1.54) is 13.3 Å². The molecule has 1 aromatic heterocycles. The van der Waals surface area contributed by atoms with Crippen molar-refractivity contribution < 1.29 is 18.3 Å². The van der Waals surface area contributed by atoms with Crippen LogP contribution in [0, 0.1) is 0 Å². The molecule has 0 saturated heterocycles. The molecule has 0 spiro atoms. The fraction of sp³-hybridized carbons (Fsp3) is 0.333. The highest BCUT2D eigenvalue weighted by molar-refractivity contribution is 6.31. The number of methoxy groups -OCH3 is 1. The second-order valence-electron chi connectivity index (χ2n) is 2.75. The van der Waals surface area contributed by atoms with Crippen molar-refractivity contribution in [1.29, 1.82) is 0 Å². The number of rotatable bonds is 3. The lowest BCUT2D eigenvalue weighted by atomic mass is 10.1. The summed E-state index contributed by atoms with van der Waals surface area (Å²) in [5.41, 5.74) is -0.276. The lowest BCUT2D eigenvalue weighted by Gasteiger charge is -2.08. The normalized spacial score (nSPS) is 10.5. The second-order valence-corrected chi connectivity index (χ2v) is 3.15. The summed E-state index contributed by atoms with van der Waals surface area (Å²) in [6.07, 6.45) is -0.696. The van der Waals surface area contributed by atoms with E-state index in [0.717, 1.165) is 6.20 Å². The van der Waals surface area contributed by atoms with E-state index in [1.807, 2.05) is 0 Å². The van der Waals surface area contributed by atoms with Crippen molar-refractivity contribution in [3.8, 4) is 0 Å². The van der Waals surface area contributed by atoms with Gasteiger partial charge in [-0.2, -0.15) is 0 Å². The van der Waals surface area contributed by atoms with E-state index < -0.39 is 12.4 Å². The van der Waals surface area contributed by atoms with Gasteiger partial charge in [-0.05, 0) is 5.56 Å². The highest BCUT2D eigenvalue weighted by Crippen LogP contribution is 2.29. The molecule has 15 heavy (non-hydrogen) atoms. The third kappa shape index (κ3) is 2.86. The summed E-state index contributed by atoms with van der Waals surface area (Å²) in [5.74, 6) is -0.610. The predicted octanol–water partition coefficient (Wildman–Crippen LogP) is 2.39. The fourth-order valence-corrected chi connectivity index (χ4v) is 1.36. The van der Waals surface area contributed by atoms with Gasteiger partial charge in [0.1, 0.15) is 0 Å². The van der Waals surface area contributed by atoms with Gasteiger partial charge in [0, 0.05) is 18.0 Å². The lowest BCUT2D eigenvalue weighted by molar-refractivity contribution is -0.139. The molecular formula is C9H8ClF2NO2. The number of ether oxygens (including phenoxy) is 1. The van der Waals surface area contributed by atoms with E-state index in [2.05, 4.69) is 9.72 Å². The van der Waals surface area contributed by atoms with Crippen LogP contribution in [0.3, 0.4) is 0 Å². The molecule has 0 unspecified atom stereocenters. The molecular weight excluding hydrogens is 228 g/mol. The topological polar surface area (TPSA) is 39.2 Å². The number of hydrogen-bond donors (Lipinski definition) is 0. The van der Waals surface area contributed by atoms with Gasteiger partial charge in [-0.1, -0.05) is 11.6 Å². The molecule has 0 amide bonds. The van der Waals surface area contributed by atoms with E-state index in [4.69, 9.17) is 11.6 Å². The van der Waals surface area contributed by atoms with Gasteiger partial charge in [0.05, 0.1) is 18.6 Å². The first-order chi connectivity index (χ1) is 7.06. The van der Waals surface area contributed by atoms with Crippen LogP contribution in [-0.2, 0) is 16.0 Å². The zero-order chi connectivity index (χ0) is 11.4. The number of nitrogens with zero attached hydrogens (tertiary/aromatic N) is 1. The van der Waals surface area contributed by atoms with Crippen molar-refractivity contribution >= 4 is 17.6 Å². The molecule has 6 heteroatoms. The van der Waals surface area contributed by atoms with Gasteiger partial charge in [-0.3, -0.25) is 9.78 Å². The van der Waals surface area contributed by atoms with Gasteiger partial charge in [-0.15, -0.1) is 0 Å². The van der Waals surface area contributed by atoms with Crippen molar-refractivity contribution in [3.63, 3.8) is 0 Å². The van der Waals surface area contributed by atoms with Crippen molar-refractivity contribution in [1.82, 2.24) is 4.98 Å². The predicted molar refractivity (Wildman–Crippen MR) is 49.9 cm³/mol. The van der Waals surface area contributed by atoms with E-state index in [0.29, 0.717) is 0 Å². The monoisotopic (exact) mass is 235 g/mol. The van der Waals surface area contributed by atoms with Gasteiger partial charge in [0.2, 0.25) is 0 Å². The third-order valence-corrected chi connectivity index (χ3v) is 2.10. The Bertz CT molecular complexity index is 371. The molecule has 0 radical (unpaired) electrons. The molecule has 0 aliphatic heterocycles. The van der Waals surface area contributed by atoms with E-state index in [1.54, 1.807) is 0 Å². The summed E-state index contributed by atoms with van der Waals surface area (Å²) in [5, 5.41) is -0.147. The Morgan fingerprint density at radius 2 is 2.27 bits per heavy atom. The van der Waals surface area contributed by atoms with Gasteiger partial charge >= 0.3 is 5.97 Å². The first kappa shape index (κ1) is 11.8. The number of esters is 1. The minimum absolute atomic E-state index is 0.0874. The molecule has 0 atom stereocenters. The maximum Gasteiger partial charge on any atom is 0.310 e. The molecule has 0 aromatic carbocycles. The maximum absolute atomic E-state index is 12.6. The quantitative estimate of drug-likeness (QED) is 0.755. The van der Waals surface area contributed by atoms with Crippen LogP contribution in [0.15, 0.2) is 12.4 Å². The first-order valence-electron chi connectivity index (χ1n) is 4.03. The zero-order valence-corrected chi connectivity index (χ0v) is 8.59. The van der Waals surface area contributed by atoms with Crippen LogP contribution in [0.1, 0.15) is 17.6 Å². The molecule has 0 N–H and O–H groups in total. The molecule has 82 valence electrons. The van der Waals surface area contributed by atoms with Gasteiger partial charge in [0.25, 0.3) is 6.43 Å². The zero-order valence-electron chi connectivity index (χ0n) is 7.84. The van der Waals surface area contributed by atoms with Crippen LogP contribution in [-0.4, -0.2) is 18.1 Å². The number of aromatic nitrogens is 1. The molecule has 0 saturated carbocycles. The van der Waals surface area contributed by atoms with Crippen LogP contribution < -0.4 is 0 Å². The Morgan fingerprint density at radius 3 is 2.80 bits per heavy atom. The van der Waals surface area contributed by atoms with Crippen LogP contribution >= 0.6 is 11.6 Å². The molecule has 1 rings (SSSR count). The van der Waals surface area contributed by atoms with Gasteiger partial charge in [-0.25, -0.2) is 8.78 Å². The smallest absolute Gasteiger partial charge is 0.310 e. The van der Waals surface area contributed by atoms with E-state index in [9.17, 15) is 13.6 Å². The van der Waals surface area contributed by atoms with Crippen molar-refractivity contribution in [3.05, 3.63) is 28.5 Å². The molecule has 0 fully saturated rings. The second kappa shape index (κ2) is 5.02. The van der Waals surface area contributed by atoms with E-state index >= 15 is 0 Å². The standard InChI is InChI=1S/C9H8ClF2NO2/c1-15-7(14)2-5-3-13-4-6(10)8(5)9(11)12/h3-4,9H,2H2,1H3. The molecule has 1 heterocycles. The average Bonchev–Trinajstić information content (AvgIpc) is 2.17. The molecule has 1 aromatic rings. The summed E-state index contributed by atoms with van der Waals surface area (Å²) in [4.78, 5) is 14.6. The third-order valence-electron chi connectivity index (χ3n) is 1.80. The summed E-state index contributed by atoms with van der Waals surface area (Å²) in [6.45, 7) is 0. The summed E-state index contributed by atoms with van der Waals surface area (Å²) < 4.78 is 29.5. The fourth-order valence-electron chi connectivity index (χ4n) is 1.10. The largest absolute Gasteiger partial charge is 0.469 e. The Balaban J connectivity index is 3.06. The van der Waals surface area contributed by atoms with Crippen molar-refractivity contribution in [2.24, 2.45) is 0 Å². The van der Waals surface area contributed by atoms with Crippen LogP contribution in [0.2, 0.25) is 5.02 Å². The molecule has 0 aliphatic rings. The molecule has 0 bridgehead atoms. The number of halogens is 3. The van der Waals surface area contributed by atoms with Crippen LogP contribution in [0.5, 0.6) is 0 Å². The van der Waals surface area contributed by atoms with Crippen LogP contribution in [0.4, 0.5) is 8.78 Å². The minimum atomic E-state index is -2.74. The minimum Gasteiger partial charge on any atom is -0.469 e. The van der Waals surface area contributed by atoms with Crippen LogP contribution in [0.25, 0.3) is 0 Å². The highest BCUT2D eigenvalue weighted by atomic mass is 35.5. The Hall–Kier alpha value is -1.23. The number of hydrogen-bond acceptors (Lipinski definition) is 3. The average molecular weight is 236 g/mol. The number of pyridine rings is 1. The molecule has 0 aliphatic carbocycles. The lowest BCUT2D eigenvalue weighted by Crippen LogP contribution is -2.08. The van der Waals surface area contributed by atoms with E-state index in [-0.39, 0.29) is 22.6 Å². The van der Waals surface area contributed by atoms with Gasteiger partial charge in [0.15, 0.2) is 0 Å². The summed E-state index contributed by atoms with van der Waals surface area (Å²) in [6, 6.07) is 0. The Morgan fingerprint density at radius 1 is 1.60 bits per heavy atom. The highest BCUT2D eigenvalue weighted by Gasteiger charge is 2.19. The SMILES string of the molecule is COC(=O)Cc1cncc(Cl)c1C(F)F. The summed E-state index contributed by atoms with van der Waals surface area (Å²) in [7, 11) is 1.18. The first-order valence-corrected chi connectivity index (χ1v) is 4.41. The Labute approximate surface area is 90.0 Å². The van der Waals surface area contributed by atoms with Crippen molar-refractivity contribution in [2.75, 3.05) is 7.11 Å². The number of carbonyl (C=O) groups excluding carboxylic acids is 1. The number of alkyl halides is 2. The molecule has 3 nitrogen and oxygen atoms in total. The number of carbonyl (C=O) groups is 1. The summed E-state index contributed by atoms with van der Waals surface area (Å²) >= 11 is 5.56. The van der Waals surface area contributed by atoms with Gasteiger partial charge < -0.3 is 4.74 Å².